The van der Waals surface area contributed by atoms with Crippen LogP contribution in [0.2, 0.25) is 0 Å². The molecule has 1 fully saturated rings. The largest absolute Gasteiger partial charge is 0.459 e. The van der Waals surface area contributed by atoms with Crippen LogP contribution in [0.3, 0.4) is 0 Å². The number of furan rings is 1. The Hall–Kier alpha value is -1.08. The summed E-state index contributed by atoms with van der Waals surface area (Å²) in [5.41, 5.74) is 6.53. The number of hydrogen-bond donors (Lipinski definition) is 1. The van der Waals surface area contributed by atoms with Crippen molar-refractivity contribution < 1.29 is 9.21 Å². The lowest BCUT2D eigenvalue weighted by molar-refractivity contribution is -0.131. The van der Waals surface area contributed by atoms with E-state index < -0.39 is 0 Å². The molecule has 0 aromatic carbocycles. The van der Waals surface area contributed by atoms with Crippen LogP contribution in [0.1, 0.15) is 24.8 Å². The van der Waals surface area contributed by atoms with Gasteiger partial charge in [-0.05, 0) is 44.9 Å². The summed E-state index contributed by atoms with van der Waals surface area (Å²) in [6.07, 6.45) is 1.34. The first-order chi connectivity index (χ1) is 10.6. The van der Waals surface area contributed by atoms with Gasteiger partial charge in [0.05, 0.1) is 12.1 Å². The highest BCUT2D eigenvalue weighted by Crippen LogP contribution is 2.27. The number of carbonyl (C=O) groups is 1. The Morgan fingerprint density at radius 3 is 2.79 bits per heavy atom. The highest BCUT2D eigenvalue weighted by Gasteiger charge is 2.31. The highest BCUT2D eigenvalue weighted by atomic mass is 35.5. The van der Waals surface area contributed by atoms with E-state index >= 15 is 0 Å². The maximum atomic E-state index is 12.5. The predicted octanol–water partition coefficient (Wildman–Crippen LogP) is 3.29. The lowest BCUT2D eigenvalue weighted by Gasteiger charge is -2.21. The molecular weight excluding hydrogens is 369 g/mol. The normalized spacial score (nSPS) is 19.7. The number of likely N-dealkylation sites (tertiary alicyclic amines) is 1. The van der Waals surface area contributed by atoms with Crippen molar-refractivity contribution >= 4 is 42.1 Å². The Kier molecular flexibility index (Phi) is 7.73. The molecule has 3 heterocycles. The molecule has 1 saturated heterocycles. The van der Waals surface area contributed by atoms with Crippen molar-refractivity contribution in [2.45, 2.75) is 32.7 Å². The van der Waals surface area contributed by atoms with Gasteiger partial charge in [0.2, 0.25) is 5.91 Å². The number of aryl methyl sites for hydroxylation is 1. The van der Waals surface area contributed by atoms with Crippen molar-refractivity contribution in [3.63, 3.8) is 0 Å². The van der Waals surface area contributed by atoms with E-state index in [2.05, 4.69) is 11.9 Å². The van der Waals surface area contributed by atoms with Crippen molar-refractivity contribution in [1.82, 2.24) is 9.88 Å². The van der Waals surface area contributed by atoms with Gasteiger partial charge in [0.25, 0.3) is 0 Å². The molecule has 2 atom stereocenters. The summed E-state index contributed by atoms with van der Waals surface area (Å²) in [5.74, 6) is 2.19. The summed E-state index contributed by atoms with van der Waals surface area (Å²) in [6.45, 7) is 5.41. The van der Waals surface area contributed by atoms with E-state index in [1.807, 2.05) is 29.3 Å². The fraction of sp³-hybridized carbons (Fsp3) is 0.500. The zero-order valence-corrected chi connectivity index (χ0v) is 16.2. The molecule has 1 aliphatic heterocycles. The summed E-state index contributed by atoms with van der Waals surface area (Å²) < 4.78 is 5.57. The minimum Gasteiger partial charge on any atom is -0.459 e. The van der Waals surface area contributed by atoms with Crippen LogP contribution < -0.4 is 5.73 Å². The average Bonchev–Trinajstić information content (AvgIpc) is 3.18. The smallest absolute Gasteiger partial charge is 0.228 e. The molecule has 0 aliphatic carbocycles. The molecule has 1 amide bonds. The predicted molar refractivity (Wildman–Crippen MR) is 101 cm³/mol. The quantitative estimate of drug-likeness (QED) is 0.867. The van der Waals surface area contributed by atoms with E-state index in [0.29, 0.717) is 18.9 Å². The third-order valence-electron chi connectivity index (χ3n) is 4.15. The van der Waals surface area contributed by atoms with E-state index in [9.17, 15) is 4.79 Å². The van der Waals surface area contributed by atoms with E-state index in [4.69, 9.17) is 10.2 Å². The van der Waals surface area contributed by atoms with Gasteiger partial charge in [0.15, 0.2) is 10.8 Å². The topological polar surface area (TPSA) is 72.4 Å². The number of nitrogens with two attached hydrogens (primary N) is 1. The van der Waals surface area contributed by atoms with Gasteiger partial charge >= 0.3 is 0 Å². The van der Waals surface area contributed by atoms with E-state index in [1.165, 1.54) is 11.3 Å². The molecule has 134 valence electrons. The van der Waals surface area contributed by atoms with Crippen molar-refractivity contribution in [3.05, 3.63) is 29.0 Å². The Bertz CT molecular complexity index is 674. The molecule has 0 bridgehead atoms. The van der Waals surface area contributed by atoms with Crippen LogP contribution in [-0.4, -0.2) is 34.9 Å². The molecule has 2 aromatic heterocycles. The van der Waals surface area contributed by atoms with Gasteiger partial charge in [-0.1, -0.05) is 0 Å². The molecule has 0 saturated carbocycles. The number of nitrogens with zero attached hydrogens (tertiary/aromatic N) is 2. The minimum atomic E-state index is 0. The summed E-state index contributed by atoms with van der Waals surface area (Å²) in [5, 5.41) is 2.76. The van der Waals surface area contributed by atoms with Gasteiger partial charge in [-0.25, -0.2) is 4.98 Å². The van der Waals surface area contributed by atoms with E-state index in [1.54, 1.807) is 0 Å². The third-order valence-corrected chi connectivity index (χ3v) is 5.06. The molecule has 5 nitrogen and oxygen atoms in total. The second kappa shape index (κ2) is 8.85. The van der Waals surface area contributed by atoms with E-state index in [0.717, 1.165) is 35.2 Å². The first-order valence-corrected chi connectivity index (χ1v) is 8.45. The Morgan fingerprint density at radius 1 is 1.46 bits per heavy atom. The fourth-order valence-electron chi connectivity index (χ4n) is 2.97. The molecule has 1 aliphatic rings. The molecule has 3 rings (SSSR count). The number of hydrogen-bond acceptors (Lipinski definition) is 5. The number of thiazole rings is 1. The van der Waals surface area contributed by atoms with Crippen molar-refractivity contribution in [3.8, 4) is 10.8 Å². The van der Waals surface area contributed by atoms with Crippen molar-refractivity contribution in [2.75, 3.05) is 13.1 Å². The highest BCUT2D eigenvalue weighted by molar-refractivity contribution is 7.13. The third kappa shape index (κ3) is 4.51. The number of carbonyl (C=O) groups excluding carboxylic acids is 1. The van der Waals surface area contributed by atoms with Crippen LogP contribution in [0.5, 0.6) is 0 Å². The maximum absolute atomic E-state index is 12.5. The number of rotatable bonds is 4. The van der Waals surface area contributed by atoms with Crippen LogP contribution in [0.15, 0.2) is 21.9 Å². The van der Waals surface area contributed by atoms with Crippen molar-refractivity contribution in [1.29, 1.82) is 0 Å². The molecule has 24 heavy (non-hydrogen) atoms. The summed E-state index contributed by atoms with van der Waals surface area (Å²) in [4.78, 5) is 18.9. The first-order valence-electron chi connectivity index (χ1n) is 7.57. The summed E-state index contributed by atoms with van der Waals surface area (Å²) >= 11 is 1.51. The monoisotopic (exact) mass is 391 g/mol. The Balaban J connectivity index is 0.00000144. The molecule has 0 radical (unpaired) electrons. The van der Waals surface area contributed by atoms with E-state index in [-0.39, 0.29) is 36.8 Å². The van der Waals surface area contributed by atoms with Gasteiger partial charge in [0.1, 0.15) is 5.76 Å². The van der Waals surface area contributed by atoms with Crippen LogP contribution >= 0.6 is 36.2 Å². The molecule has 0 spiro atoms. The zero-order chi connectivity index (χ0) is 15.7. The summed E-state index contributed by atoms with van der Waals surface area (Å²) in [7, 11) is 0. The maximum Gasteiger partial charge on any atom is 0.228 e. The number of halogens is 2. The van der Waals surface area contributed by atoms with Gasteiger partial charge in [-0.3, -0.25) is 4.79 Å². The van der Waals surface area contributed by atoms with Crippen LogP contribution in [-0.2, 0) is 11.2 Å². The molecule has 2 unspecified atom stereocenters. The second-order valence-electron chi connectivity index (χ2n) is 5.96. The summed E-state index contributed by atoms with van der Waals surface area (Å²) in [6, 6.07) is 4.10. The second-order valence-corrected chi connectivity index (χ2v) is 6.82. The SMILES string of the molecule is Cc1ccc(-c2nc(CC(=O)N3CC(CN)CC3C)cs2)o1.Cl.Cl. The van der Waals surface area contributed by atoms with Gasteiger partial charge in [-0.2, -0.15) is 0 Å². The average molecular weight is 392 g/mol. The molecule has 8 heteroatoms. The molecule has 2 aromatic rings. The zero-order valence-electron chi connectivity index (χ0n) is 13.7. The first kappa shape index (κ1) is 21.0. The number of aromatic nitrogens is 1. The molecular formula is C16H23Cl2N3O2S. The van der Waals surface area contributed by atoms with Crippen LogP contribution in [0, 0.1) is 12.8 Å². The van der Waals surface area contributed by atoms with Crippen LogP contribution in [0.4, 0.5) is 0 Å². The number of amides is 1. The fourth-order valence-corrected chi connectivity index (χ4v) is 3.75. The van der Waals surface area contributed by atoms with Gasteiger partial charge in [0, 0.05) is 18.0 Å². The van der Waals surface area contributed by atoms with Crippen LogP contribution in [0.25, 0.3) is 10.8 Å². The molecule has 2 N–H and O–H groups in total. The standard InChI is InChI=1S/C16H21N3O2S.2ClH/c1-10-5-12(7-17)8-19(10)15(20)6-13-9-22-16(18-13)14-4-3-11(2)21-14;;/h3-4,9-10,12H,5-8,17H2,1-2H3;2*1H. The van der Waals surface area contributed by atoms with Gasteiger partial charge < -0.3 is 15.1 Å². The van der Waals surface area contributed by atoms with Crippen molar-refractivity contribution in [2.24, 2.45) is 11.7 Å². The van der Waals surface area contributed by atoms with Gasteiger partial charge in [-0.15, -0.1) is 36.2 Å². The Labute approximate surface area is 158 Å². The minimum absolute atomic E-state index is 0. The Morgan fingerprint density at radius 2 is 2.21 bits per heavy atom. The lowest BCUT2D eigenvalue weighted by atomic mass is 10.1. The lowest BCUT2D eigenvalue weighted by Crippen LogP contribution is -2.35.